The van der Waals surface area contributed by atoms with Crippen LogP contribution in [-0.2, 0) is 0 Å². The minimum Gasteiger partial charge on any atom is -0.336 e. The molecule has 0 aliphatic carbocycles. The Morgan fingerprint density at radius 2 is 2.25 bits per heavy atom. The monoisotopic (exact) mass is 319 g/mol. The molecule has 1 atom stereocenters. The van der Waals surface area contributed by atoms with Crippen LogP contribution >= 0.6 is 24.0 Å². The summed E-state index contributed by atoms with van der Waals surface area (Å²) in [6.45, 7) is 3.74. The Kier molecular flexibility index (Phi) is 5.74. The largest absolute Gasteiger partial charge is 0.336 e. The summed E-state index contributed by atoms with van der Waals surface area (Å²) in [4.78, 5) is 24.4. The average molecular weight is 320 g/mol. The van der Waals surface area contributed by atoms with Crippen molar-refractivity contribution >= 4 is 35.6 Å². The maximum atomic E-state index is 12.3. The van der Waals surface area contributed by atoms with Crippen LogP contribution in [0.4, 0.5) is 5.69 Å². The second kappa shape index (κ2) is 6.88. The van der Waals surface area contributed by atoms with Crippen molar-refractivity contribution in [2.24, 2.45) is 0 Å². The zero-order valence-corrected chi connectivity index (χ0v) is 12.4. The highest BCUT2D eigenvalue weighted by atomic mass is 35.5. The van der Waals surface area contributed by atoms with Crippen molar-refractivity contribution in [3.63, 3.8) is 0 Å². The van der Waals surface area contributed by atoms with Gasteiger partial charge in [0.1, 0.15) is 5.56 Å². The topological polar surface area (TPSA) is 75.5 Å². The molecular weight excluding hydrogens is 305 g/mol. The fourth-order valence-corrected chi connectivity index (χ4v) is 2.29. The van der Waals surface area contributed by atoms with Gasteiger partial charge in [-0.2, -0.15) is 0 Å². The van der Waals surface area contributed by atoms with E-state index in [9.17, 15) is 14.9 Å². The van der Waals surface area contributed by atoms with Crippen molar-refractivity contribution in [1.29, 1.82) is 0 Å². The van der Waals surface area contributed by atoms with Gasteiger partial charge in [-0.3, -0.25) is 14.9 Å². The first kappa shape index (κ1) is 16.7. The van der Waals surface area contributed by atoms with E-state index in [0.29, 0.717) is 19.6 Å². The van der Waals surface area contributed by atoms with Crippen molar-refractivity contribution in [2.75, 3.05) is 19.6 Å². The fraction of sp³-hybridized carbons (Fsp3) is 0.417. The molecule has 1 unspecified atom stereocenters. The van der Waals surface area contributed by atoms with E-state index in [-0.39, 0.29) is 40.6 Å². The normalized spacial score (nSPS) is 18.3. The molecule has 1 aromatic carbocycles. The lowest BCUT2D eigenvalue weighted by molar-refractivity contribution is -0.385. The first-order chi connectivity index (χ1) is 8.99. The average Bonchev–Trinajstić information content (AvgIpc) is 2.37. The number of nitro groups is 1. The van der Waals surface area contributed by atoms with Gasteiger partial charge in [0.25, 0.3) is 11.6 Å². The van der Waals surface area contributed by atoms with Crippen LogP contribution in [0.1, 0.15) is 17.3 Å². The molecule has 1 amide bonds. The lowest BCUT2D eigenvalue weighted by Crippen LogP contribution is -2.51. The highest BCUT2D eigenvalue weighted by molar-refractivity contribution is 6.31. The van der Waals surface area contributed by atoms with Crippen LogP contribution in [0.15, 0.2) is 18.2 Å². The smallest absolute Gasteiger partial charge is 0.283 e. The van der Waals surface area contributed by atoms with Gasteiger partial charge in [-0.15, -0.1) is 12.4 Å². The van der Waals surface area contributed by atoms with Gasteiger partial charge in [0.2, 0.25) is 0 Å². The van der Waals surface area contributed by atoms with Gasteiger partial charge in [0, 0.05) is 36.8 Å². The molecule has 1 saturated heterocycles. The molecule has 1 aliphatic heterocycles. The number of nitrogens with one attached hydrogen (secondary N) is 1. The number of hydrogen-bond donors (Lipinski definition) is 1. The summed E-state index contributed by atoms with van der Waals surface area (Å²) < 4.78 is 0. The van der Waals surface area contributed by atoms with Gasteiger partial charge in [-0.25, -0.2) is 0 Å². The first-order valence-corrected chi connectivity index (χ1v) is 6.33. The third-order valence-electron chi connectivity index (χ3n) is 3.04. The van der Waals surface area contributed by atoms with Crippen LogP contribution in [0.25, 0.3) is 0 Å². The molecule has 0 radical (unpaired) electrons. The third kappa shape index (κ3) is 3.59. The van der Waals surface area contributed by atoms with Gasteiger partial charge in [0.15, 0.2) is 0 Å². The number of nitrogens with zero attached hydrogens (tertiary/aromatic N) is 2. The van der Waals surface area contributed by atoms with Gasteiger partial charge < -0.3 is 10.2 Å². The first-order valence-electron chi connectivity index (χ1n) is 5.95. The fourth-order valence-electron chi connectivity index (χ4n) is 2.12. The lowest BCUT2D eigenvalue weighted by atomic mass is 10.1. The number of benzene rings is 1. The highest BCUT2D eigenvalue weighted by Crippen LogP contribution is 2.24. The molecule has 0 spiro atoms. The Labute approximate surface area is 127 Å². The van der Waals surface area contributed by atoms with Crippen LogP contribution in [-0.4, -0.2) is 41.4 Å². The molecular formula is C12H15Cl2N3O3. The number of nitro benzene ring substituents is 1. The Balaban J connectivity index is 0.00000200. The maximum Gasteiger partial charge on any atom is 0.283 e. The zero-order chi connectivity index (χ0) is 14.0. The Morgan fingerprint density at radius 1 is 1.55 bits per heavy atom. The van der Waals surface area contributed by atoms with E-state index in [4.69, 9.17) is 11.6 Å². The van der Waals surface area contributed by atoms with Gasteiger partial charge in [-0.05, 0) is 19.1 Å². The van der Waals surface area contributed by atoms with E-state index in [1.165, 1.54) is 18.2 Å². The highest BCUT2D eigenvalue weighted by Gasteiger charge is 2.27. The molecule has 20 heavy (non-hydrogen) atoms. The molecule has 0 saturated carbocycles. The zero-order valence-electron chi connectivity index (χ0n) is 10.8. The van der Waals surface area contributed by atoms with E-state index < -0.39 is 4.92 Å². The molecule has 1 N–H and O–H groups in total. The summed E-state index contributed by atoms with van der Waals surface area (Å²) in [5.74, 6) is -0.322. The number of rotatable bonds is 2. The Bertz CT molecular complexity index is 525. The van der Waals surface area contributed by atoms with Crippen LogP contribution in [0, 0.1) is 10.1 Å². The van der Waals surface area contributed by atoms with Crippen molar-refractivity contribution in [3.8, 4) is 0 Å². The minimum absolute atomic E-state index is 0. The molecule has 1 aromatic rings. The number of halogens is 2. The molecule has 1 heterocycles. The molecule has 110 valence electrons. The van der Waals surface area contributed by atoms with Crippen molar-refractivity contribution < 1.29 is 9.72 Å². The van der Waals surface area contributed by atoms with E-state index in [2.05, 4.69) is 5.32 Å². The summed E-state index contributed by atoms with van der Waals surface area (Å²) in [7, 11) is 0. The quantitative estimate of drug-likeness (QED) is 0.669. The molecule has 0 aromatic heterocycles. The summed E-state index contributed by atoms with van der Waals surface area (Å²) in [5, 5.41) is 14.5. The van der Waals surface area contributed by atoms with E-state index in [0.717, 1.165) is 0 Å². The number of carbonyl (C=O) groups is 1. The van der Waals surface area contributed by atoms with Crippen molar-refractivity contribution in [1.82, 2.24) is 10.2 Å². The molecule has 1 fully saturated rings. The molecule has 0 bridgehead atoms. The number of amides is 1. The molecule has 6 nitrogen and oxygen atoms in total. The van der Waals surface area contributed by atoms with Crippen LogP contribution in [0.5, 0.6) is 0 Å². The molecule has 1 aliphatic rings. The second-order valence-corrected chi connectivity index (χ2v) is 4.96. The second-order valence-electron chi connectivity index (χ2n) is 4.52. The van der Waals surface area contributed by atoms with E-state index in [1.54, 1.807) is 4.90 Å². The summed E-state index contributed by atoms with van der Waals surface area (Å²) in [5.41, 5.74) is -0.160. The number of piperazine rings is 1. The third-order valence-corrected chi connectivity index (χ3v) is 3.28. The minimum atomic E-state index is -0.579. The summed E-state index contributed by atoms with van der Waals surface area (Å²) in [6, 6.07) is 4.30. The molecule has 8 heteroatoms. The van der Waals surface area contributed by atoms with Gasteiger partial charge in [0.05, 0.1) is 4.92 Å². The van der Waals surface area contributed by atoms with Gasteiger partial charge >= 0.3 is 0 Å². The van der Waals surface area contributed by atoms with Crippen molar-refractivity contribution in [3.05, 3.63) is 38.9 Å². The Morgan fingerprint density at radius 3 is 2.85 bits per heavy atom. The van der Waals surface area contributed by atoms with Crippen molar-refractivity contribution in [2.45, 2.75) is 13.0 Å². The van der Waals surface area contributed by atoms with Crippen LogP contribution in [0.2, 0.25) is 5.02 Å². The standard InChI is InChI=1S/C12H14ClN3O3.ClH/c1-8-7-15(5-4-14-8)12(17)10-3-2-9(13)6-11(10)16(18)19;/h2-3,6,8,14H,4-5,7H2,1H3;1H. The van der Waals surface area contributed by atoms with E-state index in [1.807, 2.05) is 6.92 Å². The predicted octanol–water partition coefficient (Wildman–Crippen LogP) is 2.10. The summed E-state index contributed by atoms with van der Waals surface area (Å²) >= 11 is 5.74. The number of carbonyl (C=O) groups excluding carboxylic acids is 1. The van der Waals surface area contributed by atoms with E-state index >= 15 is 0 Å². The molecule has 2 rings (SSSR count). The summed E-state index contributed by atoms with van der Waals surface area (Å²) in [6.07, 6.45) is 0. The predicted molar refractivity (Wildman–Crippen MR) is 78.7 cm³/mol. The lowest BCUT2D eigenvalue weighted by Gasteiger charge is -2.31. The van der Waals surface area contributed by atoms with Crippen LogP contribution in [0.3, 0.4) is 0 Å². The Hall–Kier alpha value is -1.37. The van der Waals surface area contributed by atoms with Crippen LogP contribution < -0.4 is 5.32 Å². The van der Waals surface area contributed by atoms with Gasteiger partial charge in [-0.1, -0.05) is 11.6 Å². The maximum absolute atomic E-state index is 12.3. The SMILES string of the molecule is CC1CN(C(=O)c2ccc(Cl)cc2[N+](=O)[O-])CCN1.Cl. The number of hydrogen-bond acceptors (Lipinski definition) is 4.